The Morgan fingerprint density at radius 3 is 2.55 bits per heavy atom. The molecule has 0 aromatic carbocycles. The van der Waals surface area contributed by atoms with Crippen molar-refractivity contribution >= 4 is 34.2 Å². The zero-order chi connectivity index (χ0) is 14.8. The van der Waals surface area contributed by atoms with Crippen molar-refractivity contribution < 1.29 is 4.74 Å². The predicted molar refractivity (Wildman–Crippen MR) is 90.1 cm³/mol. The molecule has 0 spiro atoms. The molecule has 1 fully saturated rings. The minimum Gasteiger partial charge on any atom is -0.370 e. The summed E-state index contributed by atoms with van der Waals surface area (Å²) < 4.78 is 6.83. The van der Waals surface area contributed by atoms with Crippen LogP contribution in [0.5, 0.6) is 0 Å². The van der Waals surface area contributed by atoms with Gasteiger partial charge >= 0.3 is 0 Å². The van der Waals surface area contributed by atoms with E-state index in [0.29, 0.717) is 5.15 Å². The number of nitrogens with zero attached hydrogens (tertiary/aromatic N) is 2. The van der Waals surface area contributed by atoms with Gasteiger partial charge in [0.1, 0.15) is 10.8 Å². The average molecular weight is 409 g/mol. The molecule has 2 rings (SSSR count). The van der Waals surface area contributed by atoms with Crippen LogP contribution in [0.3, 0.4) is 0 Å². The highest BCUT2D eigenvalue weighted by Crippen LogP contribution is 2.41. The van der Waals surface area contributed by atoms with E-state index in [1.54, 1.807) is 7.11 Å². The van der Waals surface area contributed by atoms with Gasteiger partial charge in [0, 0.05) is 7.11 Å². The highest BCUT2D eigenvalue weighted by atomic mass is 127. The zero-order valence-electron chi connectivity index (χ0n) is 12.4. The van der Waals surface area contributed by atoms with E-state index in [1.807, 2.05) is 0 Å². The van der Waals surface area contributed by atoms with E-state index in [0.717, 1.165) is 59.5 Å². The molecule has 0 radical (unpaired) electrons. The van der Waals surface area contributed by atoms with E-state index in [2.05, 4.69) is 41.4 Å². The number of hydrogen-bond donors (Lipinski definition) is 0. The largest absolute Gasteiger partial charge is 0.370 e. The zero-order valence-corrected chi connectivity index (χ0v) is 15.3. The first-order valence-corrected chi connectivity index (χ1v) is 8.75. The molecular weight excluding hydrogens is 387 g/mol. The van der Waals surface area contributed by atoms with Crippen molar-refractivity contribution in [2.45, 2.75) is 58.0 Å². The van der Waals surface area contributed by atoms with E-state index in [1.165, 1.54) is 0 Å². The lowest BCUT2D eigenvalue weighted by Gasteiger charge is -2.37. The van der Waals surface area contributed by atoms with Crippen molar-refractivity contribution in [3.8, 4) is 0 Å². The molecule has 0 unspecified atom stereocenters. The summed E-state index contributed by atoms with van der Waals surface area (Å²) in [5.41, 5.74) is 0.710. The molecule has 0 amide bonds. The molecule has 1 aromatic heterocycles. The molecule has 1 heterocycles. The highest BCUT2D eigenvalue weighted by molar-refractivity contribution is 14.1. The number of ether oxygens (including phenoxy) is 1. The van der Waals surface area contributed by atoms with E-state index in [-0.39, 0.29) is 5.60 Å². The minimum absolute atomic E-state index is 0.344. The minimum atomic E-state index is -0.344. The summed E-state index contributed by atoms with van der Waals surface area (Å²) in [6.07, 6.45) is 6.26. The first kappa shape index (κ1) is 16.4. The van der Waals surface area contributed by atoms with Crippen LogP contribution in [0.4, 0.5) is 0 Å². The van der Waals surface area contributed by atoms with Gasteiger partial charge in [-0.15, -0.1) is 0 Å². The van der Waals surface area contributed by atoms with Gasteiger partial charge in [-0.2, -0.15) is 0 Å². The maximum atomic E-state index is 6.31. The molecule has 5 heteroatoms. The molecular formula is C15H22ClIN2O. The molecule has 0 saturated heterocycles. The Kier molecular flexibility index (Phi) is 5.65. The second-order valence-electron chi connectivity index (χ2n) is 5.73. The molecule has 1 aliphatic rings. The molecule has 1 saturated carbocycles. The van der Waals surface area contributed by atoms with Crippen molar-refractivity contribution in [3.05, 3.63) is 20.2 Å². The van der Waals surface area contributed by atoms with Crippen molar-refractivity contribution in [2.75, 3.05) is 7.11 Å². The van der Waals surface area contributed by atoms with E-state index < -0.39 is 0 Å². The van der Waals surface area contributed by atoms with Gasteiger partial charge in [-0.3, -0.25) is 0 Å². The first-order valence-electron chi connectivity index (χ1n) is 7.30. The summed E-state index contributed by atoms with van der Waals surface area (Å²) in [5.74, 6) is 1.54. The SMILES string of the molecule is CCCc1nc(C2(OC)CCC(C)CC2)nc(Cl)c1I. The number of halogens is 2. The molecule has 0 N–H and O–H groups in total. The number of aromatic nitrogens is 2. The number of methoxy groups -OCH3 is 1. The second kappa shape index (κ2) is 6.88. The molecule has 0 bridgehead atoms. The number of hydrogen-bond acceptors (Lipinski definition) is 3. The normalized spacial score (nSPS) is 26.8. The van der Waals surface area contributed by atoms with Gasteiger partial charge in [0.25, 0.3) is 0 Å². The maximum absolute atomic E-state index is 6.31. The van der Waals surface area contributed by atoms with Crippen LogP contribution in [0.15, 0.2) is 0 Å². The third-order valence-electron chi connectivity index (χ3n) is 4.25. The van der Waals surface area contributed by atoms with E-state index in [4.69, 9.17) is 21.3 Å². The number of rotatable bonds is 4. The third kappa shape index (κ3) is 3.28. The van der Waals surface area contributed by atoms with Crippen molar-refractivity contribution in [3.63, 3.8) is 0 Å². The van der Waals surface area contributed by atoms with Gasteiger partial charge in [0.05, 0.1) is 9.26 Å². The standard InChI is InChI=1S/C15H22ClIN2O/c1-4-5-11-12(17)13(16)19-14(18-11)15(20-3)8-6-10(2)7-9-15/h10H,4-9H2,1-3H3. The van der Waals surface area contributed by atoms with Crippen LogP contribution < -0.4 is 0 Å². The fourth-order valence-electron chi connectivity index (χ4n) is 2.82. The van der Waals surface area contributed by atoms with Crippen molar-refractivity contribution in [1.29, 1.82) is 0 Å². The fourth-order valence-corrected chi connectivity index (χ4v) is 3.52. The van der Waals surface area contributed by atoms with Gasteiger partial charge in [-0.1, -0.05) is 31.9 Å². The highest BCUT2D eigenvalue weighted by Gasteiger charge is 2.39. The Hall–Kier alpha value is 0.0600. The molecule has 1 aromatic rings. The molecule has 0 aliphatic heterocycles. The molecule has 0 atom stereocenters. The van der Waals surface area contributed by atoms with Crippen LogP contribution in [0.2, 0.25) is 5.15 Å². The summed E-state index contributed by atoms with van der Waals surface area (Å²) in [6.45, 7) is 4.45. The van der Waals surface area contributed by atoms with Crippen LogP contribution in [0.1, 0.15) is 57.5 Å². The molecule has 20 heavy (non-hydrogen) atoms. The van der Waals surface area contributed by atoms with E-state index in [9.17, 15) is 0 Å². The monoisotopic (exact) mass is 408 g/mol. The van der Waals surface area contributed by atoms with E-state index >= 15 is 0 Å². The van der Waals surface area contributed by atoms with Crippen LogP contribution in [-0.2, 0) is 16.8 Å². The molecule has 1 aliphatic carbocycles. The topological polar surface area (TPSA) is 35.0 Å². The average Bonchev–Trinajstić information content (AvgIpc) is 2.45. The van der Waals surface area contributed by atoms with Gasteiger partial charge in [0.2, 0.25) is 0 Å². The third-order valence-corrected chi connectivity index (χ3v) is 5.97. The molecule has 3 nitrogen and oxygen atoms in total. The Balaban J connectivity index is 2.39. The lowest BCUT2D eigenvalue weighted by Crippen LogP contribution is -2.35. The Bertz CT molecular complexity index is 473. The Labute approximate surface area is 140 Å². The maximum Gasteiger partial charge on any atom is 0.162 e. The summed E-state index contributed by atoms with van der Waals surface area (Å²) in [5, 5.41) is 0.564. The number of aryl methyl sites for hydroxylation is 1. The van der Waals surface area contributed by atoms with Gasteiger partial charge in [0.15, 0.2) is 5.82 Å². The van der Waals surface area contributed by atoms with Gasteiger partial charge in [-0.25, -0.2) is 9.97 Å². The summed E-state index contributed by atoms with van der Waals surface area (Å²) in [6, 6.07) is 0. The van der Waals surface area contributed by atoms with Crippen LogP contribution in [0.25, 0.3) is 0 Å². The quantitative estimate of drug-likeness (QED) is 0.533. The lowest BCUT2D eigenvalue weighted by molar-refractivity contribution is -0.0599. The summed E-state index contributed by atoms with van der Waals surface area (Å²) in [4.78, 5) is 9.32. The smallest absolute Gasteiger partial charge is 0.162 e. The Morgan fingerprint density at radius 2 is 2.00 bits per heavy atom. The summed E-state index contributed by atoms with van der Waals surface area (Å²) >= 11 is 8.55. The Morgan fingerprint density at radius 1 is 1.35 bits per heavy atom. The summed E-state index contributed by atoms with van der Waals surface area (Å²) in [7, 11) is 1.77. The van der Waals surface area contributed by atoms with Crippen molar-refractivity contribution in [2.24, 2.45) is 5.92 Å². The van der Waals surface area contributed by atoms with Crippen LogP contribution in [0, 0.1) is 9.49 Å². The van der Waals surface area contributed by atoms with Crippen LogP contribution >= 0.6 is 34.2 Å². The predicted octanol–water partition coefficient (Wildman–Crippen LogP) is 4.74. The van der Waals surface area contributed by atoms with Crippen molar-refractivity contribution in [1.82, 2.24) is 9.97 Å². The lowest BCUT2D eigenvalue weighted by atomic mass is 9.79. The van der Waals surface area contributed by atoms with Gasteiger partial charge < -0.3 is 4.74 Å². The molecule has 112 valence electrons. The fraction of sp³-hybridized carbons (Fsp3) is 0.733. The first-order chi connectivity index (χ1) is 9.52. The second-order valence-corrected chi connectivity index (χ2v) is 7.17. The van der Waals surface area contributed by atoms with Gasteiger partial charge in [-0.05, 0) is 60.6 Å². The van der Waals surface area contributed by atoms with Crippen LogP contribution in [-0.4, -0.2) is 17.1 Å².